The predicted octanol–water partition coefficient (Wildman–Crippen LogP) is 3.45. The second kappa shape index (κ2) is 7.47. The van der Waals surface area contributed by atoms with Gasteiger partial charge in [0.05, 0.1) is 11.5 Å². The van der Waals surface area contributed by atoms with Gasteiger partial charge in [0.2, 0.25) is 11.8 Å². The van der Waals surface area contributed by atoms with E-state index in [1.54, 1.807) is 17.0 Å². The average molecular weight is 474 g/mol. The lowest BCUT2D eigenvalue weighted by molar-refractivity contribution is -0.117. The third kappa shape index (κ3) is 3.70. The number of carbonyl (C=O) groups is 2. The van der Waals surface area contributed by atoms with E-state index >= 15 is 0 Å². The first-order valence-electron chi connectivity index (χ1n) is 8.36. The Balaban J connectivity index is 1.46. The van der Waals surface area contributed by atoms with Gasteiger partial charge in [0, 0.05) is 22.2 Å². The molecule has 0 spiro atoms. The highest BCUT2D eigenvalue weighted by atomic mass is 127. The minimum Gasteiger partial charge on any atom is -0.407 e. The van der Waals surface area contributed by atoms with E-state index in [1.807, 2.05) is 42.5 Å². The molecule has 7 nitrogen and oxygen atoms in total. The minimum absolute atomic E-state index is 0.00817. The number of carbonyl (C=O) groups excluding carboxylic acids is 2. The number of amides is 2. The molecule has 1 unspecified atom stereocenters. The van der Waals surface area contributed by atoms with Gasteiger partial charge in [-0.05, 0) is 46.9 Å². The molecule has 1 N–H and O–H groups in total. The van der Waals surface area contributed by atoms with Gasteiger partial charge in [-0.3, -0.25) is 14.9 Å². The van der Waals surface area contributed by atoms with Crippen LogP contribution < -0.4 is 10.2 Å². The fourth-order valence-corrected chi connectivity index (χ4v) is 3.62. The monoisotopic (exact) mass is 474 g/mol. The summed E-state index contributed by atoms with van der Waals surface area (Å²) in [5.74, 6) is -0.162. The van der Waals surface area contributed by atoms with Crippen molar-refractivity contribution >= 4 is 46.1 Å². The first-order valence-corrected chi connectivity index (χ1v) is 9.44. The molecule has 1 aromatic heterocycles. The molecule has 2 aromatic carbocycles. The molecular weight excluding hydrogens is 459 g/mol. The Morgan fingerprint density at radius 1 is 1.11 bits per heavy atom. The maximum atomic E-state index is 12.3. The van der Waals surface area contributed by atoms with Gasteiger partial charge >= 0.3 is 6.01 Å². The summed E-state index contributed by atoms with van der Waals surface area (Å²) in [7, 11) is 0. The van der Waals surface area contributed by atoms with Crippen LogP contribution in [-0.2, 0) is 4.79 Å². The standard InChI is InChI=1S/C19H15IN4O3/c20-15-9-5-4-8-14(15)17(26)21-19-23-22-18(27-19)12-10-16(25)24(11-12)13-6-2-1-3-7-13/h1-9,12H,10-11H2,(H,21,23,26). The lowest BCUT2D eigenvalue weighted by Gasteiger charge is -2.15. The van der Waals surface area contributed by atoms with Crippen molar-refractivity contribution in [2.24, 2.45) is 0 Å². The normalized spacial score (nSPS) is 16.6. The molecule has 1 aliphatic heterocycles. The third-order valence-electron chi connectivity index (χ3n) is 4.32. The number of hydrogen-bond donors (Lipinski definition) is 1. The van der Waals surface area contributed by atoms with Crippen molar-refractivity contribution in [2.45, 2.75) is 12.3 Å². The molecule has 1 atom stereocenters. The van der Waals surface area contributed by atoms with Crippen LogP contribution in [0, 0.1) is 3.57 Å². The first kappa shape index (κ1) is 17.7. The lowest BCUT2D eigenvalue weighted by atomic mass is 10.1. The van der Waals surface area contributed by atoms with E-state index in [-0.39, 0.29) is 23.7 Å². The predicted molar refractivity (Wildman–Crippen MR) is 108 cm³/mol. The van der Waals surface area contributed by atoms with Gasteiger partial charge in [-0.25, -0.2) is 0 Å². The molecular formula is C19H15IN4O3. The van der Waals surface area contributed by atoms with Crippen LogP contribution in [0.1, 0.15) is 28.6 Å². The maximum Gasteiger partial charge on any atom is 0.322 e. The fraction of sp³-hybridized carbons (Fsp3) is 0.158. The average Bonchev–Trinajstić information content (AvgIpc) is 3.29. The van der Waals surface area contributed by atoms with E-state index in [4.69, 9.17) is 4.42 Å². The van der Waals surface area contributed by atoms with Gasteiger partial charge in [-0.1, -0.05) is 35.4 Å². The summed E-state index contributed by atoms with van der Waals surface area (Å²) in [6, 6.07) is 16.7. The summed E-state index contributed by atoms with van der Waals surface area (Å²) >= 11 is 2.09. The molecule has 2 heterocycles. The van der Waals surface area contributed by atoms with Crippen LogP contribution in [0.4, 0.5) is 11.7 Å². The van der Waals surface area contributed by atoms with Crippen LogP contribution in [0.25, 0.3) is 0 Å². The van der Waals surface area contributed by atoms with Gasteiger partial charge in [-0.2, -0.15) is 0 Å². The highest BCUT2D eigenvalue weighted by molar-refractivity contribution is 14.1. The van der Waals surface area contributed by atoms with Gasteiger partial charge in [0.1, 0.15) is 0 Å². The molecule has 0 radical (unpaired) electrons. The van der Waals surface area contributed by atoms with Crippen molar-refractivity contribution in [2.75, 3.05) is 16.8 Å². The van der Waals surface area contributed by atoms with Crippen molar-refractivity contribution in [3.05, 3.63) is 69.6 Å². The summed E-state index contributed by atoms with van der Waals surface area (Å²) in [5.41, 5.74) is 1.38. The van der Waals surface area contributed by atoms with Gasteiger partial charge < -0.3 is 9.32 Å². The Kier molecular flexibility index (Phi) is 4.88. The van der Waals surface area contributed by atoms with Crippen LogP contribution in [0.15, 0.2) is 59.0 Å². The van der Waals surface area contributed by atoms with Crippen molar-refractivity contribution in [1.29, 1.82) is 0 Å². The zero-order chi connectivity index (χ0) is 18.8. The summed E-state index contributed by atoms with van der Waals surface area (Å²) in [6.07, 6.45) is 0.293. The van der Waals surface area contributed by atoms with Crippen molar-refractivity contribution < 1.29 is 14.0 Å². The molecule has 8 heteroatoms. The van der Waals surface area contributed by atoms with Gasteiger partial charge in [-0.15, -0.1) is 5.10 Å². The van der Waals surface area contributed by atoms with Crippen LogP contribution >= 0.6 is 22.6 Å². The van der Waals surface area contributed by atoms with Crippen molar-refractivity contribution in [1.82, 2.24) is 10.2 Å². The summed E-state index contributed by atoms with van der Waals surface area (Å²) < 4.78 is 6.42. The van der Waals surface area contributed by atoms with Crippen LogP contribution in [0.2, 0.25) is 0 Å². The first-order chi connectivity index (χ1) is 13.1. The lowest BCUT2D eigenvalue weighted by Crippen LogP contribution is -2.24. The topological polar surface area (TPSA) is 88.3 Å². The number of nitrogens with zero attached hydrogens (tertiary/aromatic N) is 3. The summed E-state index contributed by atoms with van der Waals surface area (Å²) in [5, 5.41) is 10.5. The number of para-hydroxylation sites is 1. The van der Waals surface area contributed by atoms with E-state index in [0.29, 0.717) is 24.4 Å². The summed E-state index contributed by atoms with van der Waals surface area (Å²) in [4.78, 5) is 26.4. The van der Waals surface area contributed by atoms with E-state index in [2.05, 4.69) is 38.1 Å². The van der Waals surface area contributed by atoms with E-state index in [0.717, 1.165) is 9.26 Å². The second-order valence-electron chi connectivity index (χ2n) is 6.12. The highest BCUT2D eigenvalue weighted by Crippen LogP contribution is 2.31. The quantitative estimate of drug-likeness (QED) is 0.586. The van der Waals surface area contributed by atoms with Gasteiger partial charge in [0.25, 0.3) is 5.91 Å². The third-order valence-corrected chi connectivity index (χ3v) is 5.26. The summed E-state index contributed by atoms with van der Waals surface area (Å²) in [6.45, 7) is 0.467. The number of rotatable bonds is 4. The second-order valence-corrected chi connectivity index (χ2v) is 7.28. The minimum atomic E-state index is -0.316. The molecule has 4 rings (SSSR count). The Labute approximate surface area is 168 Å². The smallest absolute Gasteiger partial charge is 0.322 e. The zero-order valence-electron chi connectivity index (χ0n) is 14.1. The SMILES string of the molecule is O=C(Nc1nnc(C2CC(=O)N(c3ccccc3)C2)o1)c1ccccc1I. The van der Waals surface area contributed by atoms with Crippen LogP contribution in [-0.4, -0.2) is 28.6 Å². The maximum absolute atomic E-state index is 12.3. The molecule has 1 saturated heterocycles. The number of anilines is 2. The Bertz CT molecular complexity index is 989. The number of halogens is 1. The number of nitrogens with one attached hydrogen (secondary N) is 1. The van der Waals surface area contributed by atoms with Crippen LogP contribution in [0.3, 0.4) is 0 Å². The molecule has 1 fully saturated rings. The molecule has 136 valence electrons. The number of benzene rings is 2. The van der Waals surface area contributed by atoms with Crippen molar-refractivity contribution in [3.8, 4) is 0 Å². The zero-order valence-corrected chi connectivity index (χ0v) is 16.3. The fourth-order valence-electron chi connectivity index (χ4n) is 2.99. The van der Waals surface area contributed by atoms with Crippen molar-refractivity contribution in [3.63, 3.8) is 0 Å². The van der Waals surface area contributed by atoms with Crippen LogP contribution in [0.5, 0.6) is 0 Å². The van der Waals surface area contributed by atoms with E-state index < -0.39 is 0 Å². The number of aromatic nitrogens is 2. The number of hydrogen-bond acceptors (Lipinski definition) is 5. The van der Waals surface area contributed by atoms with E-state index in [9.17, 15) is 9.59 Å². The largest absolute Gasteiger partial charge is 0.407 e. The molecule has 3 aromatic rings. The Hall–Kier alpha value is -2.75. The molecule has 1 aliphatic rings. The van der Waals surface area contributed by atoms with Gasteiger partial charge in [0.15, 0.2) is 0 Å². The molecule has 0 bridgehead atoms. The molecule has 0 aliphatic carbocycles. The molecule has 27 heavy (non-hydrogen) atoms. The van der Waals surface area contributed by atoms with E-state index in [1.165, 1.54) is 0 Å². The Morgan fingerprint density at radius 2 is 1.85 bits per heavy atom. The highest BCUT2D eigenvalue weighted by Gasteiger charge is 2.35. The molecule has 0 saturated carbocycles. The Morgan fingerprint density at radius 3 is 2.63 bits per heavy atom. The molecule has 2 amide bonds.